The molecule has 1 amide bonds. The zero-order valence-corrected chi connectivity index (χ0v) is 18.8. The van der Waals surface area contributed by atoms with Crippen molar-refractivity contribution in [3.05, 3.63) is 75.1 Å². The Hall–Kier alpha value is -3.17. The molecule has 0 bridgehead atoms. The fraction of sp³-hybridized carbons (Fsp3) is 0.182. The topological polar surface area (TPSA) is 97.0 Å². The van der Waals surface area contributed by atoms with Crippen molar-refractivity contribution in [2.75, 3.05) is 12.4 Å². The Morgan fingerprint density at radius 1 is 1.16 bits per heavy atom. The van der Waals surface area contributed by atoms with E-state index in [1.54, 1.807) is 37.4 Å². The highest BCUT2D eigenvalue weighted by atomic mass is 32.2. The predicted molar refractivity (Wildman–Crippen MR) is 124 cm³/mol. The quantitative estimate of drug-likeness (QED) is 0.329. The zero-order chi connectivity index (χ0) is 22.0. The van der Waals surface area contributed by atoms with Gasteiger partial charge in [0.2, 0.25) is 5.13 Å². The smallest absolute Gasteiger partial charge is 0.257 e. The fourth-order valence-corrected chi connectivity index (χ4v) is 4.94. The first-order chi connectivity index (χ1) is 14.9. The fourth-order valence-electron chi connectivity index (χ4n) is 3.28. The molecule has 31 heavy (non-hydrogen) atoms. The number of nitrogens with zero attached hydrogens (tertiary/aromatic N) is 2. The van der Waals surface area contributed by atoms with E-state index >= 15 is 0 Å². The van der Waals surface area contributed by atoms with Crippen LogP contribution in [0.2, 0.25) is 0 Å². The van der Waals surface area contributed by atoms with Crippen LogP contribution in [0.1, 0.15) is 27.2 Å². The van der Waals surface area contributed by atoms with Gasteiger partial charge in [0.1, 0.15) is 5.75 Å². The number of H-pyrrole nitrogens is 1. The highest BCUT2D eigenvalue weighted by Crippen LogP contribution is 2.28. The molecule has 9 heteroatoms. The number of fused-ring (bicyclic) bond motifs is 1. The van der Waals surface area contributed by atoms with Gasteiger partial charge in [-0.15, -0.1) is 10.2 Å². The molecule has 4 rings (SSSR count). The lowest BCUT2D eigenvalue weighted by Gasteiger charge is -2.07. The van der Waals surface area contributed by atoms with Gasteiger partial charge in [-0.25, -0.2) is 0 Å². The van der Waals surface area contributed by atoms with Crippen LogP contribution in [-0.2, 0) is 5.75 Å². The minimum atomic E-state index is -0.264. The third-order valence-corrected chi connectivity index (χ3v) is 6.68. The van der Waals surface area contributed by atoms with Crippen LogP contribution in [0.3, 0.4) is 0 Å². The first kappa shape index (κ1) is 21.1. The number of carbonyl (C=O) groups is 1. The number of rotatable bonds is 6. The van der Waals surface area contributed by atoms with Crippen molar-refractivity contribution in [3.63, 3.8) is 0 Å². The highest BCUT2D eigenvalue weighted by molar-refractivity contribution is 8.00. The average molecular weight is 453 g/mol. The van der Waals surface area contributed by atoms with Gasteiger partial charge in [-0.2, -0.15) is 0 Å². The Morgan fingerprint density at radius 2 is 1.94 bits per heavy atom. The minimum absolute atomic E-state index is 0.00607. The van der Waals surface area contributed by atoms with E-state index in [2.05, 4.69) is 20.5 Å². The van der Waals surface area contributed by atoms with E-state index in [-0.39, 0.29) is 11.3 Å². The molecule has 158 valence electrons. The molecule has 0 aliphatic rings. The van der Waals surface area contributed by atoms with Gasteiger partial charge in [-0.3, -0.25) is 14.9 Å². The van der Waals surface area contributed by atoms with Crippen LogP contribution in [0.5, 0.6) is 5.75 Å². The van der Waals surface area contributed by atoms with Crippen LogP contribution in [0, 0.1) is 13.8 Å². The molecule has 0 radical (unpaired) electrons. The van der Waals surface area contributed by atoms with Crippen LogP contribution in [-0.4, -0.2) is 28.2 Å². The Kier molecular flexibility index (Phi) is 6.06. The third-order valence-electron chi connectivity index (χ3n) is 4.66. The van der Waals surface area contributed by atoms with Gasteiger partial charge in [0.25, 0.3) is 5.91 Å². The molecule has 0 unspecified atom stereocenters. The summed E-state index contributed by atoms with van der Waals surface area (Å²) in [7, 11) is 1.57. The maximum Gasteiger partial charge on any atom is 0.257 e. The lowest BCUT2D eigenvalue weighted by Crippen LogP contribution is -2.11. The van der Waals surface area contributed by atoms with Crippen LogP contribution in [0.15, 0.2) is 51.6 Å². The Bertz CT molecular complexity index is 1310. The molecule has 2 aromatic carbocycles. The number of pyridine rings is 1. The number of hydrogen-bond acceptors (Lipinski definition) is 7. The van der Waals surface area contributed by atoms with Crippen molar-refractivity contribution in [3.8, 4) is 5.75 Å². The minimum Gasteiger partial charge on any atom is -0.497 e. The first-order valence-corrected chi connectivity index (χ1v) is 11.3. The van der Waals surface area contributed by atoms with E-state index in [1.807, 2.05) is 26.0 Å². The number of thioether (sulfide) groups is 1. The average Bonchev–Trinajstić information content (AvgIpc) is 3.18. The van der Waals surface area contributed by atoms with Gasteiger partial charge in [0, 0.05) is 28.5 Å². The normalized spacial score (nSPS) is 10.9. The van der Waals surface area contributed by atoms with Crippen LogP contribution in [0.25, 0.3) is 10.9 Å². The molecule has 0 aliphatic carbocycles. The summed E-state index contributed by atoms with van der Waals surface area (Å²) in [4.78, 5) is 28.2. The highest BCUT2D eigenvalue weighted by Gasteiger charge is 2.12. The summed E-state index contributed by atoms with van der Waals surface area (Å²) in [6.07, 6.45) is 0. The molecule has 2 aromatic heterocycles. The van der Waals surface area contributed by atoms with Gasteiger partial charge in [-0.1, -0.05) is 29.2 Å². The van der Waals surface area contributed by atoms with Gasteiger partial charge >= 0.3 is 0 Å². The van der Waals surface area contributed by atoms with Gasteiger partial charge < -0.3 is 9.72 Å². The van der Waals surface area contributed by atoms with Crippen molar-refractivity contribution in [1.29, 1.82) is 0 Å². The molecule has 0 saturated heterocycles. The number of aromatic nitrogens is 3. The molecule has 0 saturated carbocycles. The number of hydrogen-bond donors (Lipinski definition) is 2. The molecule has 7 nitrogen and oxygen atoms in total. The number of aromatic amines is 1. The number of nitrogens with one attached hydrogen (secondary N) is 2. The molecule has 2 heterocycles. The number of methoxy groups -OCH3 is 1. The second-order valence-electron chi connectivity index (χ2n) is 7.01. The van der Waals surface area contributed by atoms with E-state index in [0.717, 1.165) is 27.7 Å². The Morgan fingerprint density at radius 3 is 2.68 bits per heavy atom. The molecular weight excluding hydrogens is 432 g/mol. The van der Waals surface area contributed by atoms with Crippen LogP contribution >= 0.6 is 23.1 Å². The summed E-state index contributed by atoms with van der Waals surface area (Å²) in [5, 5.41) is 12.1. The molecule has 0 aliphatic heterocycles. The predicted octanol–water partition coefficient (Wildman–Crippen LogP) is 4.55. The molecule has 0 fully saturated rings. The number of ether oxygens (including phenoxy) is 1. The SMILES string of the molecule is COc1ccc(C(=O)Nc2nnc(SCc3cc(=O)c4c(C)cc(C)cc4[nH]3)s2)cc1. The standard InChI is InChI=1S/C22H20N4O3S2/c1-12-8-13(2)19-17(9-12)23-15(10-18(19)27)11-30-22-26-25-21(31-22)24-20(28)14-4-6-16(29-3)7-5-14/h4-10H,11H2,1-3H3,(H,23,27)(H,24,25,28). The number of carbonyl (C=O) groups excluding carboxylic acids is 1. The van der Waals surface area contributed by atoms with Gasteiger partial charge in [-0.05, 0) is 55.3 Å². The van der Waals surface area contributed by atoms with E-state index in [1.165, 1.54) is 23.1 Å². The van der Waals surface area contributed by atoms with Gasteiger partial charge in [0.05, 0.1) is 12.6 Å². The number of amides is 1. The molecular formula is C22H20N4O3S2. The third kappa shape index (κ3) is 4.78. The van der Waals surface area contributed by atoms with Crippen molar-refractivity contribution < 1.29 is 9.53 Å². The summed E-state index contributed by atoms with van der Waals surface area (Å²) in [5.41, 5.74) is 4.23. The van der Waals surface area contributed by atoms with E-state index in [9.17, 15) is 9.59 Å². The first-order valence-electron chi connectivity index (χ1n) is 9.48. The molecule has 4 aromatic rings. The maximum atomic E-state index is 12.5. The largest absolute Gasteiger partial charge is 0.497 e. The van der Waals surface area contributed by atoms with Gasteiger partial charge in [0.15, 0.2) is 9.77 Å². The zero-order valence-electron chi connectivity index (χ0n) is 17.2. The second kappa shape index (κ2) is 8.91. The lowest BCUT2D eigenvalue weighted by molar-refractivity contribution is 0.102. The van der Waals surface area contributed by atoms with Crippen LogP contribution in [0.4, 0.5) is 5.13 Å². The maximum absolute atomic E-state index is 12.5. The van der Waals surface area contributed by atoms with E-state index in [4.69, 9.17) is 4.74 Å². The summed E-state index contributed by atoms with van der Waals surface area (Å²) >= 11 is 2.74. The van der Waals surface area contributed by atoms with Crippen molar-refractivity contribution in [2.24, 2.45) is 0 Å². The molecule has 0 spiro atoms. The number of anilines is 1. The second-order valence-corrected chi connectivity index (χ2v) is 9.21. The van der Waals surface area contributed by atoms with E-state index < -0.39 is 0 Å². The Labute approximate surface area is 186 Å². The summed E-state index contributed by atoms with van der Waals surface area (Å²) in [6.45, 7) is 3.96. The molecule has 0 atom stereocenters. The number of benzene rings is 2. The lowest BCUT2D eigenvalue weighted by atomic mass is 10.1. The van der Waals surface area contributed by atoms with Crippen molar-refractivity contribution >= 4 is 45.0 Å². The van der Waals surface area contributed by atoms with E-state index in [0.29, 0.717) is 26.5 Å². The summed E-state index contributed by atoms with van der Waals surface area (Å²) in [5.74, 6) is 0.960. The van der Waals surface area contributed by atoms with Crippen LogP contribution < -0.4 is 15.5 Å². The monoisotopic (exact) mass is 452 g/mol. The number of aryl methyl sites for hydroxylation is 2. The molecule has 2 N–H and O–H groups in total. The summed E-state index contributed by atoms with van der Waals surface area (Å²) in [6, 6.07) is 12.4. The summed E-state index contributed by atoms with van der Waals surface area (Å²) < 4.78 is 5.80. The Balaban J connectivity index is 1.43. The van der Waals surface area contributed by atoms with Crippen molar-refractivity contribution in [2.45, 2.75) is 23.9 Å². The van der Waals surface area contributed by atoms with Crippen molar-refractivity contribution in [1.82, 2.24) is 15.2 Å².